The molecule has 1 aliphatic heterocycles. The zero-order chi connectivity index (χ0) is 13.9. The first-order valence-corrected chi connectivity index (χ1v) is 10.4. The normalized spacial score (nSPS) is 20.4. The van der Waals surface area contributed by atoms with E-state index in [-0.39, 0.29) is 0 Å². The lowest BCUT2D eigenvalue weighted by Gasteiger charge is -2.21. The van der Waals surface area contributed by atoms with Gasteiger partial charge < -0.3 is 0 Å². The average Bonchev–Trinajstić information content (AvgIpc) is 2.37. The van der Waals surface area contributed by atoms with Gasteiger partial charge in [0.1, 0.15) is 0 Å². The van der Waals surface area contributed by atoms with Gasteiger partial charge in [0, 0.05) is 33.5 Å². The van der Waals surface area contributed by atoms with Gasteiger partial charge in [-0.3, -0.25) is 0 Å². The van der Waals surface area contributed by atoms with Crippen LogP contribution in [0.1, 0.15) is 5.56 Å². The molecule has 0 aromatic heterocycles. The quantitative estimate of drug-likeness (QED) is 0.870. The summed E-state index contributed by atoms with van der Waals surface area (Å²) in [6.07, 6.45) is 0. The molecule has 0 amide bonds. The first-order valence-electron chi connectivity index (χ1n) is 5.94. The minimum absolute atomic E-state index is 0.312. The highest BCUT2D eigenvalue weighted by atomic mass is 79.9. The highest BCUT2D eigenvalue weighted by Crippen LogP contribution is 2.25. The smallest absolute Gasteiger partial charge is 0.210 e. The summed E-state index contributed by atoms with van der Waals surface area (Å²) in [5, 5.41) is 0.373. The Morgan fingerprint density at radius 3 is 2.84 bits per heavy atom. The minimum Gasteiger partial charge on any atom is -0.210 e. The van der Waals surface area contributed by atoms with Gasteiger partial charge in [-0.1, -0.05) is 6.07 Å². The third-order valence-corrected chi connectivity index (χ3v) is 8.01. The number of halogens is 1. The number of hydrogen-bond acceptors (Lipinski definition) is 4. The van der Waals surface area contributed by atoms with E-state index in [0.717, 1.165) is 22.8 Å². The summed E-state index contributed by atoms with van der Waals surface area (Å²) in [6, 6.07) is 5.27. The first kappa shape index (κ1) is 15.7. The van der Waals surface area contributed by atoms with Crippen LogP contribution >= 0.6 is 39.5 Å². The van der Waals surface area contributed by atoms with E-state index in [0.29, 0.717) is 21.2 Å². The molecule has 1 aliphatic rings. The largest absolute Gasteiger partial charge is 0.241 e. The lowest BCUT2D eigenvalue weighted by molar-refractivity contribution is 0.581. The predicted octanol–water partition coefficient (Wildman–Crippen LogP) is 2.88. The molecule has 1 fully saturated rings. The molecule has 106 valence electrons. The molecule has 0 radical (unpaired) electrons. The number of thioether (sulfide) groups is 2. The van der Waals surface area contributed by atoms with Crippen LogP contribution in [0, 0.1) is 6.92 Å². The van der Waals surface area contributed by atoms with Crippen LogP contribution < -0.4 is 4.72 Å². The number of nitrogens with one attached hydrogen (secondary N) is 1. The standard InChI is InChI=1S/C12H16BrNO2S3/c1-9-2-3-12(11(13)6-9)19(15,16)14-7-10-8-17-4-5-18-10/h2-3,6,10,14H,4-5,7-8H2,1H3. The van der Waals surface area contributed by atoms with E-state index in [1.165, 1.54) is 0 Å². The molecule has 1 saturated heterocycles. The molecule has 1 N–H and O–H groups in total. The van der Waals surface area contributed by atoms with Crippen molar-refractivity contribution in [2.45, 2.75) is 17.1 Å². The number of hydrogen-bond donors (Lipinski definition) is 1. The van der Waals surface area contributed by atoms with Crippen LogP contribution in [0.3, 0.4) is 0 Å². The van der Waals surface area contributed by atoms with E-state index >= 15 is 0 Å². The number of aryl methyl sites for hydroxylation is 1. The van der Waals surface area contributed by atoms with E-state index in [9.17, 15) is 8.42 Å². The van der Waals surface area contributed by atoms with Crippen LogP contribution in [0.4, 0.5) is 0 Å². The van der Waals surface area contributed by atoms with E-state index in [1.54, 1.807) is 6.07 Å². The molecule has 7 heteroatoms. The van der Waals surface area contributed by atoms with Gasteiger partial charge in [-0.25, -0.2) is 13.1 Å². The Hall–Kier alpha value is 0.310. The van der Waals surface area contributed by atoms with Gasteiger partial charge in [-0.05, 0) is 40.5 Å². The molecule has 0 saturated carbocycles. The van der Waals surface area contributed by atoms with E-state index in [2.05, 4.69) is 20.7 Å². The van der Waals surface area contributed by atoms with Crippen LogP contribution in [-0.2, 0) is 10.0 Å². The first-order chi connectivity index (χ1) is 8.99. The SMILES string of the molecule is Cc1ccc(S(=O)(=O)NCC2CSCCS2)c(Br)c1. The van der Waals surface area contributed by atoms with E-state index in [1.807, 2.05) is 42.6 Å². The highest BCUT2D eigenvalue weighted by molar-refractivity contribution is 9.10. The fourth-order valence-corrected chi connectivity index (χ4v) is 6.75. The summed E-state index contributed by atoms with van der Waals surface area (Å²) in [4.78, 5) is 0.312. The number of benzene rings is 1. The number of rotatable bonds is 4. The lowest BCUT2D eigenvalue weighted by Crippen LogP contribution is -2.33. The van der Waals surface area contributed by atoms with Crippen molar-refractivity contribution < 1.29 is 8.42 Å². The second-order valence-corrected chi connectivity index (χ2v) is 9.50. The van der Waals surface area contributed by atoms with Gasteiger partial charge >= 0.3 is 0 Å². The zero-order valence-corrected chi connectivity index (χ0v) is 14.6. The molecule has 2 rings (SSSR count). The van der Waals surface area contributed by atoms with Crippen molar-refractivity contribution in [3.8, 4) is 0 Å². The van der Waals surface area contributed by atoms with Crippen LogP contribution in [-0.4, -0.2) is 37.5 Å². The third kappa shape index (κ3) is 4.39. The Morgan fingerprint density at radius 1 is 1.42 bits per heavy atom. The number of sulfonamides is 1. The molecule has 1 unspecified atom stereocenters. The summed E-state index contributed by atoms with van der Waals surface area (Å²) in [5.74, 6) is 3.28. The van der Waals surface area contributed by atoms with Crippen molar-refractivity contribution in [1.82, 2.24) is 4.72 Å². The highest BCUT2D eigenvalue weighted by Gasteiger charge is 2.21. The van der Waals surface area contributed by atoms with Gasteiger partial charge in [0.2, 0.25) is 10.0 Å². The monoisotopic (exact) mass is 381 g/mol. The van der Waals surface area contributed by atoms with Crippen molar-refractivity contribution in [2.24, 2.45) is 0 Å². The van der Waals surface area contributed by atoms with Gasteiger partial charge in [-0.2, -0.15) is 23.5 Å². The molecule has 0 bridgehead atoms. The lowest BCUT2D eigenvalue weighted by atomic mass is 10.2. The minimum atomic E-state index is -3.43. The second kappa shape index (κ2) is 6.85. The molecular weight excluding hydrogens is 366 g/mol. The van der Waals surface area contributed by atoms with Crippen molar-refractivity contribution in [3.63, 3.8) is 0 Å². The van der Waals surface area contributed by atoms with Gasteiger partial charge in [0.05, 0.1) is 4.90 Å². The van der Waals surface area contributed by atoms with E-state index < -0.39 is 10.0 Å². The third-order valence-electron chi connectivity index (χ3n) is 2.76. The molecular formula is C12H16BrNO2S3. The molecule has 1 atom stereocenters. The molecule has 19 heavy (non-hydrogen) atoms. The van der Waals surface area contributed by atoms with Crippen molar-refractivity contribution in [3.05, 3.63) is 28.2 Å². The van der Waals surface area contributed by atoms with E-state index in [4.69, 9.17) is 0 Å². The van der Waals surface area contributed by atoms with Gasteiger partial charge in [0.25, 0.3) is 0 Å². The fourth-order valence-electron chi connectivity index (χ4n) is 1.76. The molecule has 0 aliphatic carbocycles. The van der Waals surface area contributed by atoms with Gasteiger partial charge in [0.15, 0.2) is 0 Å². The van der Waals surface area contributed by atoms with Crippen molar-refractivity contribution in [2.75, 3.05) is 23.8 Å². The van der Waals surface area contributed by atoms with Gasteiger partial charge in [-0.15, -0.1) is 0 Å². The molecule has 0 spiro atoms. The zero-order valence-electron chi connectivity index (χ0n) is 10.6. The van der Waals surface area contributed by atoms with Crippen LogP contribution in [0.25, 0.3) is 0 Å². The Balaban J connectivity index is 2.05. The maximum atomic E-state index is 12.2. The summed E-state index contributed by atoms with van der Waals surface area (Å²) in [7, 11) is -3.43. The maximum Gasteiger partial charge on any atom is 0.241 e. The Kier molecular flexibility index (Phi) is 5.65. The Morgan fingerprint density at radius 2 is 2.21 bits per heavy atom. The summed E-state index contributed by atoms with van der Waals surface area (Å²) >= 11 is 7.06. The fraction of sp³-hybridized carbons (Fsp3) is 0.500. The van der Waals surface area contributed by atoms with Crippen molar-refractivity contribution in [1.29, 1.82) is 0 Å². The second-order valence-electron chi connectivity index (χ2n) is 4.35. The molecule has 1 aromatic carbocycles. The van der Waals surface area contributed by atoms with Crippen LogP contribution in [0.15, 0.2) is 27.6 Å². The molecule has 1 heterocycles. The Labute approximate surface area is 131 Å². The summed E-state index contributed by atoms with van der Waals surface area (Å²) in [6.45, 7) is 2.44. The molecule has 1 aromatic rings. The summed E-state index contributed by atoms with van der Waals surface area (Å²) in [5.41, 5.74) is 1.03. The van der Waals surface area contributed by atoms with Crippen LogP contribution in [0.2, 0.25) is 0 Å². The van der Waals surface area contributed by atoms with Crippen LogP contribution in [0.5, 0.6) is 0 Å². The molecule has 3 nitrogen and oxygen atoms in total. The predicted molar refractivity (Wildman–Crippen MR) is 87.6 cm³/mol. The topological polar surface area (TPSA) is 46.2 Å². The Bertz CT molecular complexity index is 542. The maximum absolute atomic E-state index is 12.2. The average molecular weight is 382 g/mol. The van der Waals surface area contributed by atoms with Crippen molar-refractivity contribution >= 4 is 49.5 Å². The summed E-state index contributed by atoms with van der Waals surface area (Å²) < 4.78 is 27.8.